The van der Waals surface area contributed by atoms with Crippen LogP contribution in [0.2, 0.25) is 0 Å². The van der Waals surface area contributed by atoms with Crippen LogP contribution in [0.25, 0.3) is 0 Å². The molecule has 0 saturated carbocycles. The number of H-pyrrole nitrogens is 1. The first kappa shape index (κ1) is 13.8. The third kappa shape index (κ3) is 3.22. The third-order valence-corrected chi connectivity index (χ3v) is 2.80. The van der Waals surface area contributed by atoms with Gasteiger partial charge in [-0.05, 0) is 25.3 Å². The van der Waals surface area contributed by atoms with Crippen molar-refractivity contribution in [1.82, 2.24) is 20.7 Å². The molecule has 2 aromatic rings. The molecule has 8 heteroatoms. The summed E-state index contributed by atoms with van der Waals surface area (Å²) in [4.78, 5) is 22.2. The van der Waals surface area contributed by atoms with Crippen molar-refractivity contribution in [3.8, 4) is 0 Å². The molecule has 2 heterocycles. The highest BCUT2D eigenvalue weighted by Gasteiger charge is 2.16. The highest BCUT2D eigenvalue weighted by atomic mass is 16.5. The molecule has 0 saturated heterocycles. The van der Waals surface area contributed by atoms with Crippen LogP contribution in [-0.2, 0) is 6.42 Å². The number of hydrogen-bond donors (Lipinski definition) is 3. The van der Waals surface area contributed by atoms with E-state index < -0.39 is 11.9 Å². The van der Waals surface area contributed by atoms with Gasteiger partial charge in [0, 0.05) is 18.3 Å². The predicted octanol–water partition coefficient (Wildman–Crippen LogP) is 0.767. The van der Waals surface area contributed by atoms with Gasteiger partial charge in [0.15, 0.2) is 5.69 Å². The van der Waals surface area contributed by atoms with Crippen LogP contribution in [-0.4, -0.2) is 38.9 Å². The molecule has 106 valence electrons. The molecule has 0 spiro atoms. The van der Waals surface area contributed by atoms with Gasteiger partial charge in [-0.25, -0.2) is 4.79 Å². The Kier molecular flexibility index (Phi) is 4.14. The second kappa shape index (κ2) is 6.00. The number of carboxylic acid groups (broad SMARTS) is 1. The van der Waals surface area contributed by atoms with Crippen molar-refractivity contribution in [1.29, 1.82) is 0 Å². The molecule has 0 radical (unpaired) electrons. The van der Waals surface area contributed by atoms with E-state index >= 15 is 0 Å². The Morgan fingerprint density at radius 3 is 2.90 bits per heavy atom. The minimum Gasteiger partial charge on any atom is -0.475 e. The van der Waals surface area contributed by atoms with Gasteiger partial charge >= 0.3 is 5.97 Å². The van der Waals surface area contributed by atoms with E-state index in [9.17, 15) is 9.59 Å². The first-order valence-electron chi connectivity index (χ1n) is 6.05. The summed E-state index contributed by atoms with van der Waals surface area (Å²) in [6.45, 7) is 2.39. The van der Waals surface area contributed by atoms with Crippen molar-refractivity contribution in [2.75, 3.05) is 6.54 Å². The van der Waals surface area contributed by atoms with Gasteiger partial charge in [-0.2, -0.15) is 5.10 Å². The van der Waals surface area contributed by atoms with E-state index in [0.717, 1.165) is 30.2 Å². The Morgan fingerprint density at radius 2 is 2.30 bits per heavy atom. The molecule has 2 aromatic heterocycles. The second-order valence-electron chi connectivity index (χ2n) is 4.26. The number of amides is 1. The molecule has 0 bridgehead atoms. The van der Waals surface area contributed by atoms with E-state index in [1.165, 1.54) is 0 Å². The summed E-state index contributed by atoms with van der Waals surface area (Å²) >= 11 is 0. The number of carbonyl (C=O) groups is 2. The number of carbonyl (C=O) groups excluding carboxylic acids is 1. The maximum absolute atomic E-state index is 11.7. The standard InChI is InChI=1S/C12H14N4O4/c1-7-8(6-14-15-7)3-2-4-13-11(17)9-5-10(12(18)19)20-16-9/h5-6H,2-4H2,1H3,(H,13,17)(H,14,15)(H,18,19). The zero-order valence-electron chi connectivity index (χ0n) is 10.8. The van der Waals surface area contributed by atoms with Gasteiger partial charge in [-0.15, -0.1) is 0 Å². The van der Waals surface area contributed by atoms with Crippen LogP contribution in [0.5, 0.6) is 0 Å². The van der Waals surface area contributed by atoms with Gasteiger partial charge in [-0.1, -0.05) is 5.16 Å². The summed E-state index contributed by atoms with van der Waals surface area (Å²) in [5.41, 5.74) is 2.08. The van der Waals surface area contributed by atoms with E-state index in [0.29, 0.717) is 6.54 Å². The fourth-order valence-corrected chi connectivity index (χ4v) is 1.68. The maximum Gasteiger partial charge on any atom is 0.374 e. The van der Waals surface area contributed by atoms with Gasteiger partial charge in [0.25, 0.3) is 5.91 Å². The minimum atomic E-state index is -1.26. The molecule has 8 nitrogen and oxygen atoms in total. The van der Waals surface area contributed by atoms with Crippen LogP contribution in [0.15, 0.2) is 16.8 Å². The lowest BCUT2D eigenvalue weighted by molar-refractivity contribution is 0.0651. The van der Waals surface area contributed by atoms with E-state index in [2.05, 4.69) is 25.2 Å². The summed E-state index contributed by atoms with van der Waals surface area (Å²) in [6.07, 6.45) is 3.30. The van der Waals surface area contributed by atoms with Crippen molar-refractivity contribution in [2.24, 2.45) is 0 Å². The van der Waals surface area contributed by atoms with E-state index in [1.54, 1.807) is 6.20 Å². The van der Waals surface area contributed by atoms with Gasteiger partial charge < -0.3 is 14.9 Å². The topological polar surface area (TPSA) is 121 Å². The first-order valence-corrected chi connectivity index (χ1v) is 6.05. The normalized spacial score (nSPS) is 10.4. The SMILES string of the molecule is Cc1[nH]ncc1CCCNC(=O)c1cc(C(=O)O)on1. The Morgan fingerprint density at radius 1 is 1.50 bits per heavy atom. The lowest BCUT2D eigenvalue weighted by atomic mass is 10.1. The van der Waals surface area contributed by atoms with Gasteiger partial charge in [-0.3, -0.25) is 9.89 Å². The number of rotatable bonds is 6. The maximum atomic E-state index is 11.7. The second-order valence-corrected chi connectivity index (χ2v) is 4.26. The van der Waals surface area contributed by atoms with Crippen LogP contribution in [0, 0.1) is 6.92 Å². The van der Waals surface area contributed by atoms with Crippen LogP contribution >= 0.6 is 0 Å². The molecule has 0 unspecified atom stereocenters. The first-order chi connectivity index (χ1) is 9.58. The van der Waals surface area contributed by atoms with Crippen LogP contribution in [0.3, 0.4) is 0 Å². The van der Waals surface area contributed by atoms with Crippen molar-refractivity contribution in [2.45, 2.75) is 19.8 Å². The minimum absolute atomic E-state index is 0.0399. The van der Waals surface area contributed by atoms with E-state index in [1.807, 2.05) is 6.92 Å². The van der Waals surface area contributed by atoms with Gasteiger partial charge in [0.1, 0.15) is 0 Å². The molecule has 0 aliphatic rings. The highest BCUT2D eigenvalue weighted by molar-refractivity contribution is 5.94. The molecule has 3 N–H and O–H groups in total. The number of nitrogens with one attached hydrogen (secondary N) is 2. The Hall–Kier alpha value is -2.64. The number of aryl methyl sites for hydroxylation is 2. The summed E-state index contributed by atoms with van der Waals surface area (Å²) in [5, 5.41) is 21.5. The summed E-state index contributed by atoms with van der Waals surface area (Å²) in [5.74, 6) is -2.07. The Bertz CT molecular complexity index is 617. The monoisotopic (exact) mass is 278 g/mol. The quantitative estimate of drug-likeness (QED) is 0.671. The zero-order valence-corrected chi connectivity index (χ0v) is 10.8. The van der Waals surface area contributed by atoms with Gasteiger partial charge in [0.05, 0.1) is 6.20 Å². The van der Waals surface area contributed by atoms with E-state index in [4.69, 9.17) is 5.11 Å². The average Bonchev–Trinajstić information content (AvgIpc) is 3.03. The molecule has 0 aromatic carbocycles. The number of hydrogen-bond acceptors (Lipinski definition) is 5. The molecular weight excluding hydrogens is 264 g/mol. The average molecular weight is 278 g/mol. The van der Waals surface area contributed by atoms with Crippen molar-refractivity contribution in [3.63, 3.8) is 0 Å². The fraction of sp³-hybridized carbons (Fsp3) is 0.333. The Labute approximate surface area is 114 Å². The summed E-state index contributed by atoms with van der Waals surface area (Å²) < 4.78 is 4.51. The van der Waals surface area contributed by atoms with Crippen LogP contribution in [0.4, 0.5) is 0 Å². The molecule has 0 atom stereocenters. The molecule has 1 amide bonds. The fourth-order valence-electron chi connectivity index (χ4n) is 1.68. The molecule has 0 aliphatic carbocycles. The number of aromatic nitrogens is 3. The third-order valence-electron chi connectivity index (χ3n) is 2.80. The highest BCUT2D eigenvalue weighted by Crippen LogP contribution is 2.06. The summed E-state index contributed by atoms with van der Waals surface area (Å²) in [7, 11) is 0. The zero-order chi connectivity index (χ0) is 14.5. The number of aromatic carboxylic acids is 1. The largest absolute Gasteiger partial charge is 0.475 e. The molecular formula is C12H14N4O4. The molecule has 20 heavy (non-hydrogen) atoms. The number of carboxylic acids is 1. The molecule has 0 fully saturated rings. The van der Waals surface area contributed by atoms with Crippen molar-refractivity contribution in [3.05, 3.63) is 35.0 Å². The van der Waals surface area contributed by atoms with Gasteiger partial charge in [0.2, 0.25) is 5.76 Å². The smallest absolute Gasteiger partial charge is 0.374 e. The summed E-state index contributed by atoms with van der Waals surface area (Å²) in [6, 6.07) is 1.10. The van der Waals surface area contributed by atoms with Crippen LogP contribution < -0.4 is 5.32 Å². The van der Waals surface area contributed by atoms with E-state index in [-0.39, 0.29) is 11.5 Å². The van der Waals surface area contributed by atoms with Crippen molar-refractivity contribution >= 4 is 11.9 Å². The van der Waals surface area contributed by atoms with Crippen LogP contribution in [0.1, 0.15) is 38.7 Å². The molecule has 2 rings (SSSR count). The molecule has 0 aliphatic heterocycles. The number of nitrogens with zero attached hydrogens (tertiary/aromatic N) is 2. The number of aromatic amines is 1. The lowest BCUT2D eigenvalue weighted by Crippen LogP contribution is -2.25. The predicted molar refractivity (Wildman–Crippen MR) is 67.4 cm³/mol. The Balaban J connectivity index is 1.77. The lowest BCUT2D eigenvalue weighted by Gasteiger charge is -2.02. The van der Waals surface area contributed by atoms with Crippen molar-refractivity contribution < 1.29 is 19.2 Å².